The Balaban J connectivity index is 1.86. The first-order valence-electron chi connectivity index (χ1n) is 6.76. The maximum Gasteiger partial charge on any atom is 0.135 e. The Morgan fingerprint density at radius 2 is 2.10 bits per heavy atom. The van der Waals surface area contributed by atoms with Gasteiger partial charge in [-0.15, -0.1) is 0 Å². The standard InChI is InChI=1S/C15H18N4O/c1-9(2)15-18-13(16)7-14(19-15)17-11-8-20-12-6-4-3-5-10(11)12/h3-7,9,11H,8H2,1-2H3,(H3,16,17,18,19). The number of rotatable bonds is 3. The van der Waals surface area contributed by atoms with E-state index < -0.39 is 0 Å². The molecule has 2 heterocycles. The minimum Gasteiger partial charge on any atom is -0.491 e. The smallest absolute Gasteiger partial charge is 0.135 e. The molecular formula is C15H18N4O. The van der Waals surface area contributed by atoms with Gasteiger partial charge in [0.05, 0.1) is 6.04 Å². The van der Waals surface area contributed by atoms with Gasteiger partial charge in [-0.1, -0.05) is 32.0 Å². The van der Waals surface area contributed by atoms with E-state index in [0.717, 1.165) is 23.0 Å². The van der Waals surface area contributed by atoms with Crippen molar-refractivity contribution in [1.29, 1.82) is 0 Å². The molecule has 1 aliphatic heterocycles. The highest BCUT2D eigenvalue weighted by atomic mass is 16.5. The lowest BCUT2D eigenvalue weighted by molar-refractivity contribution is 0.339. The number of hydrogen-bond donors (Lipinski definition) is 2. The molecule has 0 saturated carbocycles. The third-order valence-corrected chi connectivity index (χ3v) is 3.30. The van der Waals surface area contributed by atoms with Crippen LogP contribution in [0.25, 0.3) is 0 Å². The molecule has 5 nitrogen and oxygen atoms in total. The average molecular weight is 270 g/mol. The Kier molecular flexibility index (Phi) is 3.18. The zero-order chi connectivity index (χ0) is 14.1. The van der Waals surface area contributed by atoms with Gasteiger partial charge >= 0.3 is 0 Å². The predicted octanol–water partition coefficient (Wildman–Crippen LogP) is 2.73. The fraction of sp³-hybridized carbons (Fsp3) is 0.333. The normalized spacial score (nSPS) is 16.9. The van der Waals surface area contributed by atoms with Crippen molar-refractivity contribution in [3.8, 4) is 5.75 Å². The fourth-order valence-electron chi connectivity index (χ4n) is 2.28. The van der Waals surface area contributed by atoms with Crippen LogP contribution in [0.4, 0.5) is 11.6 Å². The highest BCUT2D eigenvalue weighted by Gasteiger charge is 2.24. The lowest BCUT2D eigenvalue weighted by Gasteiger charge is -2.14. The van der Waals surface area contributed by atoms with E-state index in [1.54, 1.807) is 6.07 Å². The highest BCUT2D eigenvalue weighted by molar-refractivity contribution is 5.50. The van der Waals surface area contributed by atoms with E-state index in [-0.39, 0.29) is 12.0 Å². The van der Waals surface area contributed by atoms with Crippen LogP contribution in [-0.2, 0) is 0 Å². The van der Waals surface area contributed by atoms with Crippen LogP contribution in [0.2, 0.25) is 0 Å². The summed E-state index contributed by atoms with van der Waals surface area (Å²) in [5.74, 6) is 3.15. The quantitative estimate of drug-likeness (QED) is 0.897. The summed E-state index contributed by atoms with van der Waals surface area (Å²) < 4.78 is 5.65. The van der Waals surface area contributed by atoms with Gasteiger partial charge in [-0.05, 0) is 6.07 Å². The number of aromatic nitrogens is 2. The number of nitrogens with two attached hydrogens (primary N) is 1. The topological polar surface area (TPSA) is 73.1 Å². The lowest BCUT2D eigenvalue weighted by Crippen LogP contribution is -2.14. The van der Waals surface area contributed by atoms with Crippen LogP contribution in [0.5, 0.6) is 5.75 Å². The van der Waals surface area contributed by atoms with Crippen molar-refractivity contribution in [2.75, 3.05) is 17.7 Å². The van der Waals surface area contributed by atoms with Crippen molar-refractivity contribution >= 4 is 11.6 Å². The van der Waals surface area contributed by atoms with Crippen LogP contribution in [0.3, 0.4) is 0 Å². The molecule has 1 aromatic carbocycles. The lowest BCUT2D eigenvalue weighted by atomic mass is 10.1. The van der Waals surface area contributed by atoms with Gasteiger partial charge in [0.2, 0.25) is 0 Å². The number of fused-ring (bicyclic) bond motifs is 1. The Labute approximate surface area is 118 Å². The second-order valence-electron chi connectivity index (χ2n) is 5.24. The summed E-state index contributed by atoms with van der Waals surface area (Å²) in [5.41, 5.74) is 6.99. The number of nitrogen functional groups attached to an aromatic ring is 1. The molecule has 0 radical (unpaired) electrons. The van der Waals surface area contributed by atoms with Crippen molar-refractivity contribution in [3.05, 3.63) is 41.7 Å². The fourth-order valence-corrected chi connectivity index (χ4v) is 2.28. The van der Waals surface area contributed by atoms with Crippen molar-refractivity contribution in [2.45, 2.75) is 25.8 Å². The first kappa shape index (κ1) is 12.7. The molecule has 5 heteroatoms. The summed E-state index contributed by atoms with van der Waals surface area (Å²) in [6.07, 6.45) is 0. The molecule has 104 valence electrons. The average Bonchev–Trinajstić information content (AvgIpc) is 2.82. The predicted molar refractivity (Wildman–Crippen MR) is 78.8 cm³/mol. The summed E-state index contributed by atoms with van der Waals surface area (Å²) >= 11 is 0. The summed E-state index contributed by atoms with van der Waals surface area (Å²) in [4.78, 5) is 8.76. The molecule has 0 fully saturated rings. The van der Waals surface area contributed by atoms with Crippen molar-refractivity contribution in [1.82, 2.24) is 9.97 Å². The number of benzene rings is 1. The van der Waals surface area contributed by atoms with Gasteiger partial charge in [-0.25, -0.2) is 9.97 Å². The number of ether oxygens (including phenoxy) is 1. The molecule has 3 N–H and O–H groups in total. The molecule has 0 aliphatic carbocycles. The second kappa shape index (κ2) is 5.00. The maximum absolute atomic E-state index is 5.84. The number of nitrogens with zero attached hydrogens (tertiary/aromatic N) is 2. The van der Waals surface area contributed by atoms with E-state index in [9.17, 15) is 0 Å². The number of nitrogens with one attached hydrogen (secondary N) is 1. The molecule has 0 saturated heterocycles. The van der Waals surface area contributed by atoms with Gasteiger partial charge in [0.25, 0.3) is 0 Å². The van der Waals surface area contributed by atoms with E-state index in [2.05, 4.69) is 21.4 Å². The Hall–Kier alpha value is -2.30. The van der Waals surface area contributed by atoms with Crippen LogP contribution in [0.15, 0.2) is 30.3 Å². The van der Waals surface area contributed by atoms with Crippen molar-refractivity contribution in [2.24, 2.45) is 0 Å². The van der Waals surface area contributed by atoms with Gasteiger partial charge in [0.15, 0.2) is 0 Å². The Morgan fingerprint density at radius 3 is 2.90 bits per heavy atom. The van der Waals surface area contributed by atoms with Crippen LogP contribution < -0.4 is 15.8 Å². The molecule has 1 atom stereocenters. The molecule has 3 rings (SSSR count). The number of anilines is 2. The summed E-state index contributed by atoms with van der Waals surface area (Å²) in [6, 6.07) is 9.88. The van der Waals surface area contributed by atoms with Crippen molar-refractivity contribution in [3.63, 3.8) is 0 Å². The van der Waals surface area contributed by atoms with Crippen LogP contribution in [-0.4, -0.2) is 16.6 Å². The first-order chi connectivity index (χ1) is 9.63. The third kappa shape index (κ3) is 2.39. The molecule has 1 aliphatic rings. The highest BCUT2D eigenvalue weighted by Crippen LogP contribution is 2.33. The minimum absolute atomic E-state index is 0.0977. The van der Waals surface area contributed by atoms with Crippen LogP contribution in [0, 0.1) is 0 Å². The Bertz CT molecular complexity index is 627. The zero-order valence-corrected chi connectivity index (χ0v) is 11.6. The zero-order valence-electron chi connectivity index (χ0n) is 11.6. The van der Waals surface area contributed by atoms with Crippen molar-refractivity contribution < 1.29 is 4.74 Å². The maximum atomic E-state index is 5.84. The molecule has 0 bridgehead atoms. The van der Waals surface area contributed by atoms with Gasteiger partial charge in [-0.3, -0.25) is 0 Å². The first-order valence-corrected chi connectivity index (χ1v) is 6.76. The minimum atomic E-state index is 0.0977. The third-order valence-electron chi connectivity index (χ3n) is 3.30. The van der Waals surface area contributed by atoms with Gasteiger partial charge in [-0.2, -0.15) is 0 Å². The van der Waals surface area contributed by atoms with E-state index in [1.165, 1.54) is 0 Å². The van der Waals surface area contributed by atoms with E-state index in [0.29, 0.717) is 12.4 Å². The van der Waals surface area contributed by atoms with E-state index >= 15 is 0 Å². The van der Waals surface area contributed by atoms with Crippen LogP contribution in [0.1, 0.15) is 37.2 Å². The number of para-hydroxylation sites is 1. The second-order valence-corrected chi connectivity index (χ2v) is 5.24. The van der Waals surface area contributed by atoms with E-state index in [4.69, 9.17) is 10.5 Å². The van der Waals surface area contributed by atoms with Gasteiger partial charge in [0, 0.05) is 17.5 Å². The van der Waals surface area contributed by atoms with E-state index in [1.807, 2.05) is 32.0 Å². The molecule has 2 aromatic rings. The summed E-state index contributed by atoms with van der Waals surface area (Å²) in [7, 11) is 0. The summed E-state index contributed by atoms with van der Waals surface area (Å²) in [6.45, 7) is 4.69. The van der Waals surface area contributed by atoms with Gasteiger partial charge in [0.1, 0.15) is 29.8 Å². The molecule has 0 amide bonds. The number of hydrogen-bond acceptors (Lipinski definition) is 5. The Morgan fingerprint density at radius 1 is 1.30 bits per heavy atom. The molecule has 1 unspecified atom stereocenters. The van der Waals surface area contributed by atoms with Crippen LogP contribution >= 0.6 is 0 Å². The monoisotopic (exact) mass is 270 g/mol. The SMILES string of the molecule is CC(C)c1nc(N)cc(NC2COc3ccccc32)n1. The molecule has 20 heavy (non-hydrogen) atoms. The summed E-state index contributed by atoms with van der Waals surface area (Å²) in [5, 5.41) is 3.38. The molecule has 0 spiro atoms. The molecule has 1 aromatic heterocycles. The van der Waals surface area contributed by atoms with Gasteiger partial charge < -0.3 is 15.8 Å². The largest absolute Gasteiger partial charge is 0.491 e. The molecular weight excluding hydrogens is 252 g/mol.